The number of amides is 1. The van der Waals surface area contributed by atoms with Crippen LogP contribution in [0, 0.1) is 0 Å². The molecule has 0 radical (unpaired) electrons. The molecule has 0 aromatic heterocycles. The summed E-state index contributed by atoms with van der Waals surface area (Å²) in [6, 6.07) is -1.00. The molecule has 0 rings (SSSR count). The van der Waals surface area contributed by atoms with Crippen molar-refractivity contribution in [3.63, 3.8) is 0 Å². The van der Waals surface area contributed by atoms with Crippen molar-refractivity contribution in [1.29, 1.82) is 0 Å². The van der Waals surface area contributed by atoms with Crippen molar-refractivity contribution in [3.8, 4) is 0 Å². The molecule has 0 bridgehead atoms. The Morgan fingerprint density at radius 2 is 0.707 bits per heavy atom. The molecule has 344 valence electrons. The van der Waals surface area contributed by atoms with Crippen molar-refractivity contribution >= 4 is 5.91 Å². The molecule has 4 unspecified atom stereocenters. The molecule has 0 aliphatic carbocycles. The van der Waals surface area contributed by atoms with Gasteiger partial charge in [-0.3, -0.25) is 4.79 Å². The summed E-state index contributed by atoms with van der Waals surface area (Å²) < 4.78 is 0. The number of aliphatic hydroxyl groups is 4. The van der Waals surface area contributed by atoms with Crippen LogP contribution in [0.15, 0.2) is 24.3 Å². The second kappa shape index (κ2) is 46.8. The molecule has 0 spiro atoms. The quantitative estimate of drug-likeness (QED) is 0.0310. The summed E-state index contributed by atoms with van der Waals surface area (Å²) >= 11 is 0. The highest BCUT2D eigenvalue weighted by atomic mass is 16.3. The molecule has 0 saturated heterocycles. The Hall–Kier alpha value is -1.21. The van der Waals surface area contributed by atoms with Crippen molar-refractivity contribution in [1.82, 2.24) is 5.32 Å². The van der Waals surface area contributed by atoms with Crippen LogP contribution < -0.4 is 5.32 Å². The lowest BCUT2D eigenvalue weighted by atomic mass is 10.00. The number of allylic oxidation sites excluding steroid dienone is 4. The molecule has 0 aliphatic heterocycles. The molecular weight excluding hydrogens is 719 g/mol. The van der Waals surface area contributed by atoms with Gasteiger partial charge in [-0.05, 0) is 64.2 Å². The fraction of sp³-hybridized carbons (Fsp3) is 0.904. The summed E-state index contributed by atoms with van der Waals surface area (Å²) in [4.78, 5) is 12.5. The van der Waals surface area contributed by atoms with Crippen LogP contribution in [0.1, 0.15) is 271 Å². The van der Waals surface area contributed by atoms with E-state index in [0.717, 1.165) is 57.8 Å². The predicted molar refractivity (Wildman–Crippen MR) is 251 cm³/mol. The first kappa shape index (κ1) is 56.8. The first-order valence-electron chi connectivity index (χ1n) is 25.7. The fourth-order valence-electron chi connectivity index (χ4n) is 8.05. The summed E-state index contributed by atoms with van der Waals surface area (Å²) in [6.07, 6.45) is 55.5. The molecule has 0 aliphatic rings. The van der Waals surface area contributed by atoms with Crippen molar-refractivity contribution in [2.75, 3.05) is 6.61 Å². The van der Waals surface area contributed by atoms with E-state index in [1.54, 1.807) is 0 Å². The Labute approximate surface area is 361 Å². The van der Waals surface area contributed by atoms with Gasteiger partial charge in [0.25, 0.3) is 0 Å². The lowest BCUT2D eigenvalue weighted by Crippen LogP contribution is -2.53. The summed E-state index contributed by atoms with van der Waals surface area (Å²) in [5.41, 5.74) is 0. The van der Waals surface area contributed by atoms with Crippen molar-refractivity contribution < 1.29 is 25.2 Å². The molecule has 58 heavy (non-hydrogen) atoms. The maximum Gasteiger partial charge on any atom is 0.249 e. The Kier molecular flexibility index (Phi) is 45.9. The Morgan fingerprint density at radius 1 is 0.414 bits per heavy atom. The van der Waals surface area contributed by atoms with E-state index in [1.807, 2.05) is 0 Å². The smallest absolute Gasteiger partial charge is 0.249 e. The lowest BCUT2D eigenvalue weighted by Gasteiger charge is -2.27. The molecule has 1 amide bonds. The summed E-state index contributed by atoms with van der Waals surface area (Å²) in [5.74, 6) is -0.603. The summed E-state index contributed by atoms with van der Waals surface area (Å²) in [6.45, 7) is 4.02. The van der Waals surface area contributed by atoms with Gasteiger partial charge >= 0.3 is 0 Å². The van der Waals surface area contributed by atoms with Gasteiger partial charge in [0, 0.05) is 0 Å². The molecule has 6 heteroatoms. The third kappa shape index (κ3) is 40.2. The van der Waals surface area contributed by atoms with E-state index in [1.165, 1.54) is 186 Å². The predicted octanol–water partition coefficient (Wildman–Crippen LogP) is 14.3. The van der Waals surface area contributed by atoms with E-state index in [0.29, 0.717) is 12.8 Å². The SMILES string of the molecule is CCCCC/C=C\CCCCCCC(O)C(=O)NC(CO)C(O)C(O)CCC/C=C/CCCCCCCCCCCCCCCCCCCCCCCCCCCC. The topological polar surface area (TPSA) is 110 Å². The zero-order valence-corrected chi connectivity index (χ0v) is 38.8. The monoisotopic (exact) mass is 820 g/mol. The van der Waals surface area contributed by atoms with Gasteiger partial charge in [0.2, 0.25) is 5.91 Å². The van der Waals surface area contributed by atoms with Gasteiger partial charge in [-0.1, -0.05) is 231 Å². The normalized spacial score (nSPS) is 14.1. The zero-order valence-electron chi connectivity index (χ0n) is 38.8. The number of unbranched alkanes of at least 4 members (excludes halogenated alkanes) is 34. The third-order valence-electron chi connectivity index (χ3n) is 12.1. The van der Waals surface area contributed by atoms with Crippen LogP contribution in [0.25, 0.3) is 0 Å². The van der Waals surface area contributed by atoms with Gasteiger partial charge < -0.3 is 25.7 Å². The second-order valence-electron chi connectivity index (χ2n) is 17.9. The van der Waals surface area contributed by atoms with E-state index >= 15 is 0 Å². The first-order chi connectivity index (χ1) is 28.5. The molecule has 0 aromatic rings. The number of aliphatic hydroxyl groups excluding tert-OH is 4. The van der Waals surface area contributed by atoms with Crippen molar-refractivity contribution in [2.24, 2.45) is 0 Å². The van der Waals surface area contributed by atoms with Crippen LogP contribution in [0.5, 0.6) is 0 Å². The third-order valence-corrected chi connectivity index (χ3v) is 12.1. The van der Waals surface area contributed by atoms with Crippen molar-refractivity contribution in [3.05, 3.63) is 24.3 Å². The Balaban J connectivity index is 3.58. The lowest BCUT2D eigenvalue weighted by molar-refractivity contribution is -0.132. The highest BCUT2D eigenvalue weighted by Gasteiger charge is 2.28. The minimum absolute atomic E-state index is 0.349. The zero-order chi connectivity index (χ0) is 42.4. The first-order valence-corrected chi connectivity index (χ1v) is 25.7. The summed E-state index contributed by atoms with van der Waals surface area (Å²) in [7, 11) is 0. The van der Waals surface area contributed by atoms with Gasteiger partial charge in [0.15, 0.2) is 0 Å². The van der Waals surface area contributed by atoms with Crippen LogP contribution in [0.3, 0.4) is 0 Å². The number of carbonyl (C=O) groups excluding carboxylic acids is 1. The standard InChI is InChI=1S/C52H101NO5/c1-3-5-7-9-11-13-15-16-17-18-19-20-21-22-23-24-25-26-27-28-29-30-31-32-33-34-36-37-39-41-43-45-49(55)51(57)48(47-54)53-52(58)50(56)46-44-42-40-38-35-14-12-10-8-6-4-2/h12,14,37,39,48-51,54-57H,3-11,13,15-36,38,40-47H2,1-2H3,(H,53,58)/b14-12-,39-37+. The van der Waals surface area contributed by atoms with Crippen LogP contribution in [-0.2, 0) is 4.79 Å². The molecule has 6 nitrogen and oxygen atoms in total. The Morgan fingerprint density at radius 3 is 1.07 bits per heavy atom. The van der Waals surface area contributed by atoms with E-state index < -0.39 is 36.9 Å². The largest absolute Gasteiger partial charge is 0.394 e. The van der Waals surface area contributed by atoms with E-state index in [-0.39, 0.29) is 0 Å². The van der Waals surface area contributed by atoms with Crippen molar-refractivity contribution in [2.45, 2.75) is 295 Å². The highest BCUT2D eigenvalue weighted by molar-refractivity contribution is 5.80. The number of hydrogen-bond acceptors (Lipinski definition) is 5. The fourth-order valence-corrected chi connectivity index (χ4v) is 8.05. The van der Waals surface area contributed by atoms with E-state index in [4.69, 9.17) is 0 Å². The van der Waals surface area contributed by atoms with Crippen LogP contribution in [0.4, 0.5) is 0 Å². The molecular formula is C52H101NO5. The molecule has 0 aromatic carbocycles. The van der Waals surface area contributed by atoms with E-state index in [2.05, 4.69) is 43.5 Å². The van der Waals surface area contributed by atoms with E-state index in [9.17, 15) is 25.2 Å². The van der Waals surface area contributed by atoms with Gasteiger partial charge in [0.05, 0.1) is 18.8 Å². The van der Waals surface area contributed by atoms with Gasteiger partial charge in [0.1, 0.15) is 12.2 Å². The molecule has 0 heterocycles. The number of hydrogen-bond donors (Lipinski definition) is 5. The number of carbonyl (C=O) groups is 1. The summed E-state index contributed by atoms with van der Waals surface area (Å²) in [5, 5.41) is 43.7. The number of nitrogens with one attached hydrogen (secondary N) is 1. The highest BCUT2D eigenvalue weighted by Crippen LogP contribution is 2.17. The second-order valence-corrected chi connectivity index (χ2v) is 17.9. The number of rotatable bonds is 47. The maximum atomic E-state index is 12.5. The van der Waals surface area contributed by atoms with Crippen LogP contribution in [0.2, 0.25) is 0 Å². The van der Waals surface area contributed by atoms with Crippen LogP contribution >= 0.6 is 0 Å². The van der Waals surface area contributed by atoms with Gasteiger partial charge in [-0.25, -0.2) is 0 Å². The van der Waals surface area contributed by atoms with Gasteiger partial charge in [-0.15, -0.1) is 0 Å². The molecule has 0 saturated carbocycles. The minimum Gasteiger partial charge on any atom is -0.394 e. The average Bonchev–Trinajstić information content (AvgIpc) is 3.23. The minimum atomic E-state index is -1.28. The molecule has 0 fully saturated rings. The van der Waals surface area contributed by atoms with Gasteiger partial charge in [-0.2, -0.15) is 0 Å². The maximum absolute atomic E-state index is 12.5. The molecule has 4 atom stereocenters. The average molecular weight is 820 g/mol. The molecule has 5 N–H and O–H groups in total. The van der Waals surface area contributed by atoms with Crippen LogP contribution in [-0.4, -0.2) is 57.3 Å². The Bertz CT molecular complexity index is 878.